The van der Waals surface area contributed by atoms with Crippen LogP contribution in [0.15, 0.2) is 179 Å². The molecule has 7 aromatic rings. The lowest BCUT2D eigenvalue weighted by Gasteiger charge is -2.49. The highest BCUT2D eigenvalue weighted by atomic mass is 32.2. The highest BCUT2D eigenvalue weighted by Gasteiger charge is 2.55. The molecular formula is C53H48N8O7S3. The molecule has 9 rings (SSSR count). The molecule has 0 saturated carbocycles. The van der Waals surface area contributed by atoms with Gasteiger partial charge in [-0.2, -0.15) is 15.4 Å². The van der Waals surface area contributed by atoms with Crippen molar-refractivity contribution in [2.24, 2.45) is 5.16 Å². The minimum Gasteiger partial charge on any atom is -0.448 e. The van der Waals surface area contributed by atoms with E-state index in [1.54, 1.807) is 32.3 Å². The van der Waals surface area contributed by atoms with Gasteiger partial charge in [0.25, 0.3) is 11.8 Å². The summed E-state index contributed by atoms with van der Waals surface area (Å²) >= 11 is 3.90. The Morgan fingerprint density at radius 3 is 1.93 bits per heavy atom. The summed E-state index contributed by atoms with van der Waals surface area (Å²) in [6.07, 6.45) is 0.685. The lowest BCUT2D eigenvalue weighted by Crippen LogP contribution is -2.71. The van der Waals surface area contributed by atoms with E-state index in [0.717, 1.165) is 44.8 Å². The van der Waals surface area contributed by atoms with E-state index < -0.39 is 52.6 Å². The van der Waals surface area contributed by atoms with E-state index in [4.69, 9.17) is 14.3 Å². The van der Waals surface area contributed by atoms with Gasteiger partial charge in [-0.05, 0) is 31.9 Å². The zero-order valence-corrected chi connectivity index (χ0v) is 41.2. The van der Waals surface area contributed by atoms with E-state index in [1.165, 1.54) is 28.4 Å². The molecule has 1 saturated heterocycles. The average Bonchev–Trinajstić information content (AvgIpc) is 4.09. The maximum Gasteiger partial charge on any atom is 0.413 e. The van der Waals surface area contributed by atoms with Gasteiger partial charge < -0.3 is 19.6 Å². The molecule has 0 aliphatic carbocycles. The number of H-pyrrole nitrogens is 1. The molecule has 18 heteroatoms. The van der Waals surface area contributed by atoms with Crippen LogP contribution in [0, 0.1) is 0 Å². The van der Waals surface area contributed by atoms with Gasteiger partial charge in [0.2, 0.25) is 5.60 Å². The van der Waals surface area contributed by atoms with Crippen molar-refractivity contribution in [3.63, 3.8) is 0 Å². The maximum atomic E-state index is 14.9. The van der Waals surface area contributed by atoms with Crippen molar-refractivity contribution in [1.29, 1.82) is 0 Å². The van der Waals surface area contributed by atoms with Crippen LogP contribution in [0.1, 0.15) is 66.1 Å². The molecule has 71 heavy (non-hydrogen) atoms. The number of rotatable bonds is 17. The second-order valence-corrected chi connectivity index (χ2v) is 20.4. The average molecular weight is 1010 g/mol. The SMILES string of the molecule is CC(C)(C)OC(=O)Nc1nc(/C(=N/OC(c2ccccc2)(c2ccccc2)c2ccccc2)C(=O)N[C@@H]2C(=O)N3C(C(=O)OC(c4ccccc4)c4ccccc4)=C(SCCc4cn[nH]n4)CS[C@H]23)cs1. The van der Waals surface area contributed by atoms with Crippen LogP contribution < -0.4 is 10.6 Å². The molecule has 0 radical (unpaired) electrons. The standard InChI is InChI=1S/C53H48N8O7S3/c1-52(2,3)67-51(65)57-50-55-40(32-71-50)42(59-68-53(36-23-13-6-14-24-36,37-25-15-7-16-26-37)38-27-17-8-18-28-38)46(62)56-43-47(63)61-44(41(33-70-48(43)61)69-30-29-39-31-54-60-58-39)49(64)66-45(34-19-9-4-10-20-34)35-21-11-5-12-22-35/h4-28,31-32,43,45,48H,29-30,33H2,1-3H3,(H,56,62)(H,54,58,60)(H,55,57,65)/b59-42-/t43-,48-/m1/s1. The van der Waals surface area contributed by atoms with Crippen LogP contribution in [0.25, 0.3) is 0 Å². The number of nitrogens with zero attached hydrogens (tertiary/aromatic N) is 5. The van der Waals surface area contributed by atoms with Crippen molar-refractivity contribution in [3.05, 3.63) is 213 Å². The van der Waals surface area contributed by atoms with Gasteiger partial charge in [-0.25, -0.2) is 14.6 Å². The fourth-order valence-corrected chi connectivity index (χ4v) is 11.4. The van der Waals surface area contributed by atoms with Gasteiger partial charge in [0.1, 0.15) is 28.4 Å². The molecule has 4 heterocycles. The number of carbonyl (C=O) groups excluding carboxylic acids is 4. The molecule has 2 aliphatic heterocycles. The maximum absolute atomic E-state index is 14.9. The van der Waals surface area contributed by atoms with Crippen LogP contribution >= 0.6 is 34.9 Å². The molecule has 360 valence electrons. The first kappa shape index (κ1) is 48.5. The Bertz CT molecular complexity index is 2890. The van der Waals surface area contributed by atoms with Gasteiger partial charge in [-0.1, -0.05) is 157 Å². The highest BCUT2D eigenvalue weighted by molar-refractivity contribution is 8.06. The number of anilines is 1. The number of β-lactam (4-membered cyclic amide) rings is 1. The van der Waals surface area contributed by atoms with E-state index in [0.29, 0.717) is 22.8 Å². The molecule has 0 spiro atoms. The van der Waals surface area contributed by atoms with Crippen molar-refractivity contribution in [2.75, 3.05) is 16.8 Å². The summed E-state index contributed by atoms with van der Waals surface area (Å²) in [7, 11) is 0. The summed E-state index contributed by atoms with van der Waals surface area (Å²) in [5, 5.41) is 21.9. The lowest BCUT2D eigenvalue weighted by atomic mass is 9.80. The Balaban J connectivity index is 1.05. The molecule has 3 N–H and O–H groups in total. The number of aryl methyl sites for hydroxylation is 1. The summed E-state index contributed by atoms with van der Waals surface area (Å²) in [5.41, 5.74) is 2.15. The normalized spacial score (nSPS) is 15.9. The zero-order valence-electron chi connectivity index (χ0n) is 38.8. The van der Waals surface area contributed by atoms with Crippen LogP contribution in [-0.2, 0) is 40.7 Å². The molecule has 1 fully saturated rings. The van der Waals surface area contributed by atoms with E-state index in [2.05, 4.69) is 36.2 Å². The third-order valence-corrected chi connectivity index (χ3v) is 14.6. The monoisotopic (exact) mass is 1000 g/mol. The van der Waals surface area contributed by atoms with Crippen LogP contribution in [-0.4, -0.2) is 83.4 Å². The number of oxime groups is 1. The molecule has 2 aliphatic rings. The van der Waals surface area contributed by atoms with Crippen LogP contribution in [0.2, 0.25) is 0 Å². The van der Waals surface area contributed by atoms with Gasteiger partial charge in [0, 0.05) is 44.9 Å². The summed E-state index contributed by atoms with van der Waals surface area (Å²) in [6, 6.07) is 46.3. The van der Waals surface area contributed by atoms with Crippen molar-refractivity contribution >= 4 is 69.6 Å². The first-order valence-corrected chi connectivity index (χ1v) is 25.6. The Labute approximate surface area is 422 Å². The number of nitrogens with one attached hydrogen (secondary N) is 3. The number of thiazole rings is 1. The number of amides is 3. The van der Waals surface area contributed by atoms with Gasteiger partial charge in [0.05, 0.1) is 11.9 Å². The number of fused-ring (bicyclic) bond motifs is 1. The number of ether oxygens (including phenoxy) is 2. The predicted molar refractivity (Wildman–Crippen MR) is 274 cm³/mol. The van der Waals surface area contributed by atoms with Gasteiger partial charge >= 0.3 is 12.1 Å². The Morgan fingerprint density at radius 1 is 0.831 bits per heavy atom. The van der Waals surface area contributed by atoms with E-state index in [1.807, 2.05) is 152 Å². The fraction of sp³-hybridized carbons (Fsp3) is 0.208. The molecular weight excluding hydrogens is 957 g/mol. The number of carbonyl (C=O) groups is 4. The molecule has 15 nitrogen and oxygen atoms in total. The van der Waals surface area contributed by atoms with Gasteiger partial charge in [0.15, 0.2) is 16.9 Å². The summed E-state index contributed by atoms with van der Waals surface area (Å²) in [5.74, 6) is -1.10. The van der Waals surface area contributed by atoms with Crippen molar-refractivity contribution in [3.8, 4) is 0 Å². The van der Waals surface area contributed by atoms with Gasteiger partial charge in [-0.3, -0.25) is 19.8 Å². The minimum atomic E-state index is -1.38. The smallest absolute Gasteiger partial charge is 0.413 e. The minimum absolute atomic E-state index is 0.0596. The Morgan fingerprint density at radius 2 is 1.39 bits per heavy atom. The third-order valence-electron chi connectivity index (χ3n) is 11.3. The molecule has 3 amide bonds. The topological polar surface area (TPSA) is 190 Å². The van der Waals surface area contributed by atoms with Crippen LogP contribution in [0.4, 0.5) is 9.93 Å². The molecule has 0 unspecified atom stereocenters. The second kappa shape index (κ2) is 21.6. The highest BCUT2D eigenvalue weighted by Crippen LogP contribution is 2.45. The van der Waals surface area contributed by atoms with Crippen molar-refractivity contribution < 1.29 is 33.5 Å². The van der Waals surface area contributed by atoms with Gasteiger partial charge in [-0.15, -0.1) is 34.9 Å². The van der Waals surface area contributed by atoms with Crippen molar-refractivity contribution in [2.45, 2.75) is 55.9 Å². The summed E-state index contributed by atoms with van der Waals surface area (Å²) in [4.78, 5) is 70.6. The number of hydrogen-bond donors (Lipinski definition) is 3. The fourth-order valence-electron chi connectivity index (χ4n) is 8.10. The number of thioether (sulfide) groups is 2. The molecule has 2 atom stereocenters. The van der Waals surface area contributed by atoms with E-state index in [-0.39, 0.29) is 22.2 Å². The van der Waals surface area contributed by atoms with Crippen LogP contribution in [0.3, 0.4) is 0 Å². The molecule has 2 aromatic heterocycles. The number of esters is 1. The Kier molecular flexibility index (Phi) is 14.8. The van der Waals surface area contributed by atoms with E-state index in [9.17, 15) is 19.2 Å². The zero-order chi connectivity index (χ0) is 49.4. The first-order chi connectivity index (χ1) is 34.5. The number of benzene rings is 5. The van der Waals surface area contributed by atoms with E-state index >= 15 is 0 Å². The number of aromatic nitrogens is 4. The first-order valence-electron chi connectivity index (χ1n) is 22.6. The van der Waals surface area contributed by atoms with Crippen molar-refractivity contribution in [1.82, 2.24) is 30.6 Å². The summed E-state index contributed by atoms with van der Waals surface area (Å²) in [6.45, 7) is 5.23. The Hall–Kier alpha value is -7.54. The molecule has 0 bridgehead atoms. The lowest BCUT2D eigenvalue weighted by molar-refractivity contribution is -0.154. The molecule has 5 aromatic carbocycles. The van der Waals surface area contributed by atoms with Crippen LogP contribution in [0.5, 0.6) is 0 Å². The largest absolute Gasteiger partial charge is 0.448 e. The second-order valence-electron chi connectivity index (χ2n) is 17.3. The summed E-state index contributed by atoms with van der Waals surface area (Å²) < 4.78 is 11.8. The number of hydrogen-bond acceptors (Lipinski definition) is 14. The quantitative estimate of drug-likeness (QED) is 0.0258. The predicted octanol–water partition coefficient (Wildman–Crippen LogP) is 9.24. The third kappa shape index (κ3) is 10.9. The number of aromatic amines is 1.